The van der Waals surface area contributed by atoms with E-state index in [0.717, 1.165) is 22.5 Å². The molecule has 27 heavy (non-hydrogen) atoms. The van der Waals surface area contributed by atoms with Gasteiger partial charge in [0, 0.05) is 11.7 Å². The fourth-order valence-electron chi connectivity index (χ4n) is 2.84. The number of fused-ring (bicyclic) bond motifs is 1. The maximum Gasteiger partial charge on any atom is 0.252 e. The summed E-state index contributed by atoms with van der Waals surface area (Å²) >= 11 is 0. The summed E-state index contributed by atoms with van der Waals surface area (Å²) in [5.41, 5.74) is 2.24. The maximum absolute atomic E-state index is 12.8. The molecule has 6 heteroatoms. The first kappa shape index (κ1) is 18.9. The van der Waals surface area contributed by atoms with Crippen molar-refractivity contribution in [3.63, 3.8) is 0 Å². The van der Waals surface area contributed by atoms with E-state index in [-0.39, 0.29) is 17.9 Å². The van der Waals surface area contributed by atoms with Crippen LogP contribution in [-0.2, 0) is 0 Å². The molecular formula is C21H26N4O2. The summed E-state index contributed by atoms with van der Waals surface area (Å²) in [6, 6.07) is 11.6. The summed E-state index contributed by atoms with van der Waals surface area (Å²) in [5, 5.41) is 8.13. The summed E-state index contributed by atoms with van der Waals surface area (Å²) < 4.78 is 7.49. The number of nitrogens with zero attached hydrogens (tertiary/aromatic N) is 3. The molecule has 0 saturated carbocycles. The highest BCUT2D eigenvalue weighted by Gasteiger charge is 2.18. The van der Waals surface area contributed by atoms with Crippen LogP contribution < -0.4 is 10.1 Å². The Hall–Kier alpha value is -2.89. The molecule has 1 N–H and O–H groups in total. The van der Waals surface area contributed by atoms with Gasteiger partial charge in [-0.25, -0.2) is 9.67 Å². The maximum atomic E-state index is 12.8. The smallest absolute Gasteiger partial charge is 0.252 e. The number of rotatable bonds is 7. The predicted molar refractivity (Wildman–Crippen MR) is 106 cm³/mol. The van der Waals surface area contributed by atoms with Crippen molar-refractivity contribution in [1.29, 1.82) is 0 Å². The van der Waals surface area contributed by atoms with E-state index in [4.69, 9.17) is 9.72 Å². The number of carbonyl (C=O) groups excluding carboxylic acids is 1. The predicted octanol–water partition coefficient (Wildman–Crippen LogP) is 3.94. The quantitative estimate of drug-likeness (QED) is 0.643. The normalized spacial score (nSPS) is 11.3. The molecule has 0 aliphatic heterocycles. The molecule has 0 radical (unpaired) electrons. The Kier molecular flexibility index (Phi) is 5.74. The molecule has 0 unspecified atom stereocenters. The highest BCUT2D eigenvalue weighted by Crippen LogP contribution is 2.24. The van der Waals surface area contributed by atoms with Crippen molar-refractivity contribution in [2.24, 2.45) is 0 Å². The van der Waals surface area contributed by atoms with Gasteiger partial charge in [-0.05, 0) is 38.0 Å². The molecule has 1 aromatic carbocycles. The van der Waals surface area contributed by atoms with Crippen molar-refractivity contribution in [2.45, 2.75) is 39.7 Å². The number of ether oxygens (including phenoxy) is 1. The van der Waals surface area contributed by atoms with Gasteiger partial charge in [0.15, 0.2) is 5.65 Å². The lowest BCUT2D eigenvalue weighted by Crippen LogP contribution is -2.28. The van der Waals surface area contributed by atoms with Gasteiger partial charge in [-0.15, -0.1) is 0 Å². The van der Waals surface area contributed by atoms with Crippen LogP contribution in [0.3, 0.4) is 0 Å². The number of aromatic nitrogens is 3. The van der Waals surface area contributed by atoms with Crippen LogP contribution in [0.4, 0.5) is 0 Å². The van der Waals surface area contributed by atoms with E-state index in [1.165, 1.54) is 0 Å². The number of carbonyl (C=O) groups is 1. The van der Waals surface area contributed by atoms with Crippen LogP contribution in [0.1, 0.15) is 55.7 Å². The van der Waals surface area contributed by atoms with E-state index >= 15 is 0 Å². The summed E-state index contributed by atoms with van der Waals surface area (Å²) in [5.74, 6) is 0.875. The zero-order valence-corrected chi connectivity index (χ0v) is 16.3. The second-order valence-corrected chi connectivity index (χ2v) is 7.09. The van der Waals surface area contributed by atoms with Gasteiger partial charge in [-0.2, -0.15) is 5.10 Å². The van der Waals surface area contributed by atoms with Crippen LogP contribution in [-0.4, -0.2) is 33.8 Å². The Balaban J connectivity index is 1.77. The number of benzene rings is 1. The van der Waals surface area contributed by atoms with E-state index < -0.39 is 0 Å². The molecule has 142 valence electrons. The van der Waals surface area contributed by atoms with E-state index in [1.807, 2.05) is 41.1 Å². The fourth-order valence-corrected chi connectivity index (χ4v) is 2.84. The molecule has 0 saturated heterocycles. The molecule has 2 heterocycles. The Labute approximate surface area is 159 Å². The van der Waals surface area contributed by atoms with Crippen molar-refractivity contribution in [2.75, 3.05) is 13.2 Å². The standard InChI is InChI=1S/C21H26N4O2/c1-14(2)19-12-17(18-13-23-25(15(3)4)20(18)24-19)21(26)22-10-11-27-16-8-6-5-7-9-16/h5-9,12-15H,10-11H2,1-4H3,(H,22,26). The molecule has 0 spiro atoms. The van der Waals surface area contributed by atoms with E-state index in [0.29, 0.717) is 18.7 Å². The third-order valence-corrected chi connectivity index (χ3v) is 4.31. The van der Waals surface area contributed by atoms with Crippen molar-refractivity contribution in [1.82, 2.24) is 20.1 Å². The average molecular weight is 366 g/mol. The SMILES string of the molecule is CC(C)c1cc(C(=O)NCCOc2ccccc2)c2cnn(C(C)C)c2n1. The highest BCUT2D eigenvalue weighted by molar-refractivity contribution is 6.05. The molecule has 3 aromatic rings. The minimum atomic E-state index is -0.135. The van der Waals surface area contributed by atoms with E-state index in [9.17, 15) is 4.79 Å². The van der Waals surface area contributed by atoms with Crippen molar-refractivity contribution in [3.8, 4) is 5.75 Å². The van der Waals surface area contributed by atoms with Gasteiger partial charge < -0.3 is 10.1 Å². The highest BCUT2D eigenvalue weighted by atomic mass is 16.5. The third kappa shape index (κ3) is 4.27. The number of nitrogens with one attached hydrogen (secondary N) is 1. The number of hydrogen-bond acceptors (Lipinski definition) is 4. The molecule has 0 fully saturated rings. The first-order valence-electron chi connectivity index (χ1n) is 9.31. The summed E-state index contributed by atoms with van der Waals surface area (Å²) in [6.07, 6.45) is 1.72. The van der Waals surface area contributed by atoms with Crippen LogP contribution in [0.15, 0.2) is 42.6 Å². The molecule has 0 aliphatic carbocycles. The van der Waals surface area contributed by atoms with Crippen LogP contribution in [0.2, 0.25) is 0 Å². The number of hydrogen-bond donors (Lipinski definition) is 1. The summed E-state index contributed by atoms with van der Waals surface area (Å²) in [4.78, 5) is 17.5. The van der Waals surface area contributed by atoms with Crippen molar-refractivity contribution >= 4 is 16.9 Å². The monoisotopic (exact) mass is 366 g/mol. The second-order valence-electron chi connectivity index (χ2n) is 7.09. The lowest BCUT2D eigenvalue weighted by Gasteiger charge is -2.12. The van der Waals surface area contributed by atoms with Gasteiger partial charge in [0.25, 0.3) is 5.91 Å². The van der Waals surface area contributed by atoms with Crippen LogP contribution in [0, 0.1) is 0 Å². The number of para-hydroxylation sites is 1. The average Bonchev–Trinajstić information content (AvgIpc) is 3.09. The molecule has 3 rings (SSSR count). The van der Waals surface area contributed by atoms with Crippen LogP contribution in [0.5, 0.6) is 5.75 Å². The summed E-state index contributed by atoms with van der Waals surface area (Å²) in [7, 11) is 0. The molecule has 0 bridgehead atoms. The second kappa shape index (κ2) is 8.20. The lowest BCUT2D eigenvalue weighted by molar-refractivity contribution is 0.0948. The zero-order chi connectivity index (χ0) is 19.4. The first-order chi connectivity index (χ1) is 13.0. The zero-order valence-electron chi connectivity index (χ0n) is 16.3. The molecule has 6 nitrogen and oxygen atoms in total. The van der Waals surface area contributed by atoms with E-state index in [1.54, 1.807) is 6.20 Å². The number of amides is 1. The van der Waals surface area contributed by atoms with Gasteiger partial charge in [0.05, 0.1) is 23.7 Å². The minimum absolute atomic E-state index is 0.135. The first-order valence-corrected chi connectivity index (χ1v) is 9.31. The largest absolute Gasteiger partial charge is 0.492 e. The van der Waals surface area contributed by atoms with Crippen LogP contribution in [0.25, 0.3) is 11.0 Å². The van der Waals surface area contributed by atoms with Crippen LogP contribution >= 0.6 is 0 Å². The Morgan fingerprint density at radius 2 is 1.93 bits per heavy atom. The minimum Gasteiger partial charge on any atom is -0.492 e. The molecule has 0 aliphatic rings. The number of pyridine rings is 1. The van der Waals surface area contributed by atoms with Crippen molar-refractivity contribution < 1.29 is 9.53 Å². The van der Waals surface area contributed by atoms with Gasteiger partial charge in [0.2, 0.25) is 0 Å². The Bertz CT molecular complexity index is 917. The fraction of sp³-hybridized carbons (Fsp3) is 0.381. The third-order valence-electron chi connectivity index (χ3n) is 4.31. The topological polar surface area (TPSA) is 69.0 Å². The van der Waals surface area contributed by atoms with E-state index in [2.05, 4.69) is 38.1 Å². The lowest BCUT2D eigenvalue weighted by atomic mass is 10.0. The van der Waals surface area contributed by atoms with Gasteiger partial charge in [-0.1, -0.05) is 32.0 Å². The van der Waals surface area contributed by atoms with Crippen molar-refractivity contribution in [3.05, 3.63) is 53.9 Å². The molecule has 2 aromatic heterocycles. The Morgan fingerprint density at radius 1 is 1.19 bits per heavy atom. The molecule has 1 amide bonds. The molecule has 0 atom stereocenters. The summed E-state index contributed by atoms with van der Waals surface area (Å²) in [6.45, 7) is 9.08. The van der Waals surface area contributed by atoms with Gasteiger partial charge in [0.1, 0.15) is 12.4 Å². The Morgan fingerprint density at radius 3 is 2.59 bits per heavy atom. The molecular weight excluding hydrogens is 340 g/mol. The van der Waals surface area contributed by atoms with Gasteiger partial charge in [-0.3, -0.25) is 4.79 Å². The van der Waals surface area contributed by atoms with Gasteiger partial charge >= 0.3 is 0 Å².